The first-order valence-electron chi connectivity index (χ1n) is 6.61. The van der Waals surface area contributed by atoms with E-state index in [1.807, 2.05) is 6.92 Å². The number of nitrogen functional groups attached to an aromatic ring is 1. The molecule has 0 atom stereocenters. The second kappa shape index (κ2) is 6.26. The van der Waals surface area contributed by atoms with Gasteiger partial charge in [0, 0.05) is 11.3 Å². The van der Waals surface area contributed by atoms with Crippen LogP contribution < -0.4 is 15.8 Å². The lowest BCUT2D eigenvalue weighted by atomic mass is 10.1. The molecule has 0 heterocycles. The van der Waals surface area contributed by atoms with Gasteiger partial charge in [-0.15, -0.1) is 0 Å². The number of nitrogens with one attached hydrogen (secondary N) is 1. The van der Waals surface area contributed by atoms with Crippen LogP contribution in [0.5, 0.6) is 5.75 Å². The number of hydrogen-bond donors (Lipinski definition) is 2. The van der Waals surface area contributed by atoms with Crippen molar-refractivity contribution in [2.75, 3.05) is 17.7 Å². The van der Waals surface area contributed by atoms with Crippen molar-refractivity contribution in [3.8, 4) is 5.75 Å². The molecule has 2 rings (SSSR count). The molecule has 0 bridgehead atoms. The topological polar surface area (TPSA) is 64.3 Å². The molecule has 0 radical (unpaired) electrons. The van der Waals surface area contributed by atoms with Crippen molar-refractivity contribution < 1.29 is 13.9 Å². The summed E-state index contributed by atoms with van der Waals surface area (Å²) < 4.78 is 18.8. The van der Waals surface area contributed by atoms with E-state index in [9.17, 15) is 9.18 Å². The summed E-state index contributed by atoms with van der Waals surface area (Å²) in [6, 6.07) is 9.33. The van der Waals surface area contributed by atoms with Crippen LogP contribution in [0.2, 0.25) is 0 Å². The molecule has 2 aromatic rings. The van der Waals surface area contributed by atoms with Gasteiger partial charge in [0.2, 0.25) is 0 Å². The van der Waals surface area contributed by atoms with Gasteiger partial charge in [0.1, 0.15) is 11.6 Å². The summed E-state index contributed by atoms with van der Waals surface area (Å²) in [6.07, 6.45) is 0. The van der Waals surface area contributed by atoms with E-state index in [1.54, 1.807) is 31.2 Å². The summed E-state index contributed by atoms with van der Waals surface area (Å²) in [5, 5.41) is 2.63. The minimum atomic E-state index is -0.362. The fourth-order valence-corrected chi connectivity index (χ4v) is 1.85. The second-order valence-electron chi connectivity index (χ2n) is 4.60. The second-order valence-corrected chi connectivity index (χ2v) is 4.60. The predicted octanol–water partition coefficient (Wildman–Crippen LogP) is 3.37. The highest BCUT2D eigenvalue weighted by molar-refractivity contribution is 6.05. The molecule has 0 aliphatic heterocycles. The smallest absolute Gasteiger partial charge is 0.255 e. The molecular formula is C16H17FN2O2. The van der Waals surface area contributed by atoms with Crippen LogP contribution in [0.15, 0.2) is 36.4 Å². The molecule has 4 nitrogen and oxygen atoms in total. The minimum Gasteiger partial charge on any atom is -0.492 e. The summed E-state index contributed by atoms with van der Waals surface area (Å²) in [7, 11) is 0. The monoisotopic (exact) mass is 288 g/mol. The summed E-state index contributed by atoms with van der Waals surface area (Å²) in [4.78, 5) is 12.1. The van der Waals surface area contributed by atoms with Gasteiger partial charge in [0.15, 0.2) is 0 Å². The average molecular weight is 288 g/mol. The van der Waals surface area contributed by atoms with E-state index < -0.39 is 0 Å². The maximum atomic E-state index is 13.4. The van der Waals surface area contributed by atoms with Crippen molar-refractivity contribution in [1.82, 2.24) is 0 Å². The van der Waals surface area contributed by atoms with E-state index in [0.717, 1.165) is 0 Å². The van der Waals surface area contributed by atoms with Crippen molar-refractivity contribution in [3.05, 3.63) is 53.3 Å². The van der Waals surface area contributed by atoms with Gasteiger partial charge >= 0.3 is 0 Å². The highest BCUT2D eigenvalue weighted by Gasteiger charge is 2.10. The zero-order valence-electron chi connectivity index (χ0n) is 11.9. The quantitative estimate of drug-likeness (QED) is 0.848. The fraction of sp³-hybridized carbons (Fsp3) is 0.188. The Kier molecular flexibility index (Phi) is 4.42. The Morgan fingerprint density at radius 1 is 1.29 bits per heavy atom. The van der Waals surface area contributed by atoms with Crippen LogP contribution in [-0.4, -0.2) is 12.5 Å². The predicted molar refractivity (Wildman–Crippen MR) is 81.1 cm³/mol. The molecule has 1 amide bonds. The molecule has 0 spiro atoms. The number of carbonyl (C=O) groups excluding carboxylic acids is 1. The van der Waals surface area contributed by atoms with Gasteiger partial charge in [-0.2, -0.15) is 0 Å². The number of ether oxygens (including phenoxy) is 1. The number of hydrogen-bond acceptors (Lipinski definition) is 3. The van der Waals surface area contributed by atoms with Gasteiger partial charge in [-0.3, -0.25) is 4.79 Å². The highest BCUT2D eigenvalue weighted by Crippen LogP contribution is 2.23. The van der Waals surface area contributed by atoms with Crippen molar-refractivity contribution in [2.24, 2.45) is 0 Å². The Morgan fingerprint density at radius 3 is 2.67 bits per heavy atom. The number of rotatable bonds is 4. The summed E-state index contributed by atoms with van der Waals surface area (Å²) in [5.41, 5.74) is 7.52. The molecule has 0 saturated carbocycles. The highest BCUT2D eigenvalue weighted by atomic mass is 19.1. The summed E-state index contributed by atoms with van der Waals surface area (Å²) in [5.74, 6) is -0.178. The van der Waals surface area contributed by atoms with Gasteiger partial charge < -0.3 is 15.8 Å². The third-order valence-corrected chi connectivity index (χ3v) is 3.00. The maximum absolute atomic E-state index is 13.4. The van der Waals surface area contributed by atoms with Crippen LogP contribution in [0.25, 0.3) is 0 Å². The normalized spacial score (nSPS) is 10.2. The van der Waals surface area contributed by atoms with Crippen LogP contribution >= 0.6 is 0 Å². The van der Waals surface area contributed by atoms with Crippen LogP contribution in [0, 0.1) is 12.7 Å². The molecule has 0 aliphatic carbocycles. The molecule has 3 N–H and O–H groups in total. The number of nitrogens with two attached hydrogens (primary N) is 1. The van der Waals surface area contributed by atoms with E-state index in [4.69, 9.17) is 10.5 Å². The molecule has 0 unspecified atom stereocenters. The fourth-order valence-electron chi connectivity index (χ4n) is 1.85. The standard InChI is InChI=1S/C16H17FN2O2/c1-3-21-15-7-5-11(8-14(15)18)16(20)19-12-6-4-10(2)13(17)9-12/h4-9H,3,18H2,1-2H3,(H,19,20). The van der Waals surface area contributed by atoms with Crippen LogP contribution in [0.4, 0.5) is 15.8 Å². The molecule has 0 aromatic heterocycles. The molecule has 5 heteroatoms. The first-order valence-corrected chi connectivity index (χ1v) is 6.61. The maximum Gasteiger partial charge on any atom is 0.255 e. The van der Waals surface area contributed by atoms with E-state index in [-0.39, 0.29) is 11.7 Å². The Morgan fingerprint density at radius 2 is 2.05 bits per heavy atom. The van der Waals surface area contributed by atoms with Crippen molar-refractivity contribution in [1.29, 1.82) is 0 Å². The van der Waals surface area contributed by atoms with E-state index >= 15 is 0 Å². The Labute approximate surface area is 122 Å². The largest absolute Gasteiger partial charge is 0.492 e. The number of aryl methyl sites for hydroxylation is 1. The van der Waals surface area contributed by atoms with E-state index in [0.29, 0.717) is 34.9 Å². The van der Waals surface area contributed by atoms with Gasteiger partial charge in [-0.25, -0.2) is 4.39 Å². The number of carbonyl (C=O) groups is 1. The van der Waals surface area contributed by atoms with Gasteiger partial charge in [-0.05, 0) is 49.7 Å². The number of anilines is 2. The third kappa shape index (κ3) is 3.51. The SMILES string of the molecule is CCOc1ccc(C(=O)Nc2ccc(C)c(F)c2)cc1N. The average Bonchev–Trinajstić information content (AvgIpc) is 2.45. The molecule has 0 fully saturated rings. The zero-order valence-corrected chi connectivity index (χ0v) is 11.9. The zero-order chi connectivity index (χ0) is 15.4. The van der Waals surface area contributed by atoms with Crippen LogP contribution in [-0.2, 0) is 0 Å². The molecule has 110 valence electrons. The minimum absolute atomic E-state index is 0.354. The lowest BCUT2D eigenvalue weighted by molar-refractivity contribution is 0.102. The number of halogens is 1. The van der Waals surface area contributed by atoms with E-state index in [1.165, 1.54) is 12.1 Å². The Balaban J connectivity index is 2.16. The Bertz CT molecular complexity index is 671. The first-order chi connectivity index (χ1) is 10.0. The van der Waals surface area contributed by atoms with Crippen LogP contribution in [0.1, 0.15) is 22.8 Å². The molecule has 21 heavy (non-hydrogen) atoms. The summed E-state index contributed by atoms with van der Waals surface area (Å²) >= 11 is 0. The molecule has 0 aliphatic rings. The van der Waals surface area contributed by atoms with Crippen molar-refractivity contribution in [3.63, 3.8) is 0 Å². The lowest BCUT2D eigenvalue weighted by Crippen LogP contribution is -2.12. The third-order valence-electron chi connectivity index (χ3n) is 3.00. The van der Waals surface area contributed by atoms with Crippen molar-refractivity contribution >= 4 is 17.3 Å². The first kappa shape index (κ1) is 14.8. The van der Waals surface area contributed by atoms with Crippen LogP contribution in [0.3, 0.4) is 0 Å². The molecule has 0 saturated heterocycles. The summed E-state index contributed by atoms with van der Waals surface area (Å²) in [6.45, 7) is 4.01. The van der Waals surface area contributed by atoms with Crippen molar-refractivity contribution in [2.45, 2.75) is 13.8 Å². The van der Waals surface area contributed by atoms with Gasteiger partial charge in [0.25, 0.3) is 5.91 Å². The van der Waals surface area contributed by atoms with E-state index in [2.05, 4.69) is 5.32 Å². The number of amides is 1. The molecule has 2 aromatic carbocycles. The van der Waals surface area contributed by atoms with Gasteiger partial charge in [0.05, 0.1) is 12.3 Å². The Hall–Kier alpha value is -2.56. The van der Waals surface area contributed by atoms with Gasteiger partial charge in [-0.1, -0.05) is 6.07 Å². The number of benzene rings is 2. The lowest BCUT2D eigenvalue weighted by Gasteiger charge is -2.10. The molecular weight excluding hydrogens is 271 g/mol.